The van der Waals surface area contributed by atoms with Crippen LogP contribution in [0.3, 0.4) is 0 Å². The molecule has 15 heavy (non-hydrogen) atoms. The maximum atomic E-state index is 11.6. The van der Waals surface area contributed by atoms with Crippen molar-refractivity contribution >= 4 is 10.8 Å². The SMILES string of the molecule is Cc1cc(C)c2c(=O)[nH][nH]c(=O)c2c1C. The molecular weight excluding hydrogens is 192 g/mol. The molecular formula is C11H12N2O2. The molecule has 0 spiro atoms. The van der Waals surface area contributed by atoms with E-state index in [0.717, 1.165) is 16.7 Å². The Balaban J connectivity index is 3.23. The van der Waals surface area contributed by atoms with Crippen molar-refractivity contribution in [3.63, 3.8) is 0 Å². The van der Waals surface area contributed by atoms with Gasteiger partial charge in [0.05, 0.1) is 10.8 Å². The van der Waals surface area contributed by atoms with E-state index in [4.69, 9.17) is 0 Å². The van der Waals surface area contributed by atoms with Crippen LogP contribution in [0.1, 0.15) is 16.7 Å². The average Bonchev–Trinajstić information content (AvgIpc) is 2.18. The monoisotopic (exact) mass is 204 g/mol. The van der Waals surface area contributed by atoms with E-state index < -0.39 is 0 Å². The number of nitrogens with one attached hydrogen (secondary N) is 2. The van der Waals surface area contributed by atoms with Gasteiger partial charge in [-0.2, -0.15) is 0 Å². The molecule has 0 unspecified atom stereocenters. The smallest absolute Gasteiger partial charge is 0.267 e. The number of rotatable bonds is 0. The molecule has 1 aromatic heterocycles. The third-order valence-electron chi connectivity index (χ3n) is 2.79. The first-order valence-corrected chi connectivity index (χ1v) is 4.74. The highest BCUT2D eigenvalue weighted by atomic mass is 16.1. The van der Waals surface area contributed by atoms with E-state index in [-0.39, 0.29) is 11.1 Å². The van der Waals surface area contributed by atoms with Crippen LogP contribution >= 0.6 is 0 Å². The lowest BCUT2D eigenvalue weighted by Gasteiger charge is -2.06. The van der Waals surface area contributed by atoms with Crippen LogP contribution in [0.15, 0.2) is 15.7 Å². The van der Waals surface area contributed by atoms with E-state index in [0.29, 0.717) is 10.8 Å². The van der Waals surface area contributed by atoms with Gasteiger partial charge >= 0.3 is 0 Å². The molecule has 2 rings (SSSR count). The first-order valence-electron chi connectivity index (χ1n) is 4.74. The fourth-order valence-corrected chi connectivity index (χ4v) is 1.90. The summed E-state index contributed by atoms with van der Waals surface area (Å²) in [5.41, 5.74) is 2.23. The van der Waals surface area contributed by atoms with E-state index in [1.165, 1.54) is 0 Å². The third kappa shape index (κ3) is 1.29. The second-order valence-corrected chi connectivity index (χ2v) is 3.79. The number of aryl methyl sites for hydroxylation is 3. The summed E-state index contributed by atoms with van der Waals surface area (Å²) in [7, 11) is 0. The first-order chi connectivity index (χ1) is 7.02. The summed E-state index contributed by atoms with van der Waals surface area (Å²) in [6.45, 7) is 5.62. The van der Waals surface area contributed by atoms with Crippen molar-refractivity contribution in [2.24, 2.45) is 0 Å². The molecule has 0 fully saturated rings. The van der Waals surface area contributed by atoms with Gasteiger partial charge in [0.15, 0.2) is 0 Å². The quantitative estimate of drug-likeness (QED) is 0.675. The predicted molar refractivity (Wildman–Crippen MR) is 59.4 cm³/mol. The number of aromatic amines is 2. The van der Waals surface area contributed by atoms with Crippen LogP contribution in [0.4, 0.5) is 0 Å². The summed E-state index contributed by atoms with van der Waals surface area (Å²) < 4.78 is 0. The summed E-state index contributed by atoms with van der Waals surface area (Å²) in [5, 5.41) is 5.67. The second-order valence-electron chi connectivity index (χ2n) is 3.79. The topological polar surface area (TPSA) is 65.7 Å². The van der Waals surface area contributed by atoms with Crippen molar-refractivity contribution < 1.29 is 0 Å². The molecule has 4 heteroatoms. The maximum Gasteiger partial charge on any atom is 0.270 e. The van der Waals surface area contributed by atoms with Gasteiger partial charge in [0.1, 0.15) is 0 Å². The van der Waals surface area contributed by atoms with Crippen LogP contribution in [-0.4, -0.2) is 10.2 Å². The number of fused-ring (bicyclic) bond motifs is 1. The van der Waals surface area contributed by atoms with Crippen molar-refractivity contribution in [1.82, 2.24) is 10.2 Å². The molecule has 0 atom stereocenters. The minimum absolute atomic E-state index is 0.242. The van der Waals surface area contributed by atoms with Crippen molar-refractivity contribution in [1.29, 1.82) is 0 Å². The predicted octanol–water partition coefficient (Wildman–Crippen LogP) is 1.14. The van der Waals surface area contributed by atoms with Crippen molar-refractivity contribution in [2.45, 2.75) is 20.8 Å². The molecule has 4 nitrogen and oxygen atoms in total. The maximum absolute atomic E-state index is 11.6. The van der Waals surface area contributed by atoms with E-state index in [1.807, 2.05) is 26.8 Å². The van der Waals surface area contributed by atoms with E-state index >= 15 is 0 Å². The van der Waals surface area contributed by atoms with E-state index in [1.54, 1.807) is 0 Å². The molecule has 0 aliphatic heterocycles. The van der Waals surface area contributed by atoms with Crippen LogP contribution in [0.2, 0.25) is 0 Å². The molecule has 2 N–H and O–H groups in total. The lowest BCUT2D eigenvalue weighted by molar-refractivity contribution is 0.972. The van der Waals surface area contributed by atoms with Gasteiger partial charge in [-0.25, -0.2) is 0 Å². The van der Waals surface area contributed by atoms with Gasteiger partial charge in [0.2, 0.25) is 0 Å². The van der Waals surface area contributed by atoms with Crippen molar-refractivity contribution in [3.8, 4) is 0 Å². The van der Waals surface area contributed by atoms with Gasteiger partial charge in [0, 0.05) is 0 Å². The van der Waals surface area contributed by atoms with Crippen LogP contribution in [0.5, 0.6) is 0 Å². The number of benzene rings is 1. The van der Waals surface area contributed by atoms with Crippen LogP contribution in [0, 0.1) is 20.8 Å². The Morgan fingerprint density at radius 3 is 2.00 bits per heavy atom. The molecule has 0 amide bonds. The van der Waals surface area contributed by atoms with Gasteiger partial charge in [0.25, 0.3) is 11.1 Å². The van der Waals surface area contributed by atoms with Crippen molar-refractivity contribution in [2.75, 3.05) is 0 Å². The molecule has 0 saturated heterocycles. The zero-order valence-corrected chi connectivity index (χ0v) is 8.89. The highest BCUT2D eigenvalue weighted by Gasteiger charge is 2.10. The van der Waals surface area contributed by atoms with Gasteiger partial charge < -0.3 is 0 Å². The molecule has 0 aliphatic carbocycles. The molecule has 0 radical (unpaired) electrons. The lowest BCUT2D eigenvalue weighted by atomic mass is 9.99. The minimum atomic E-state index is -0.245. The van der Waals surface area contributed by atoms with Gasteiger partial charge in [-0.05, 0) is 37.5 Å². The second kappa shape index (κ2) is 3.08. The summed E-state index contributed by atoms with van der Waals surface area (Å²) in [5.74, 6) is 0. The molecule has 78 valence electrons. The highest BCUT2D eigenvalue weighted by Crippen LogP contribution is 2.18. The zero-order chi connectivity index (χ0) is 11.2. The summed E-state index contributed by atoms with van der Waals surface area (Å²) >= 11 is 0. The van der Waals surface area contributed by atoms with E-state index in [9.17, 15) is 9.59 Å². The van der Waals surface area contributed by atoms with Gasteiger partial charge in [-0.3, -0.25) is 19.8 Å². The third-order valence-corrected chi connectivity index (χ3v) is 2.79. The Kier molecular flexibility index (Phi) is 2.00. The molecule has 2 aromatic rings. The largest absolute Gasteiger partial charge is 0.270 e. The number of hydrogen-bond donors (Lipinski definition) is 2. The normalized spacial score (nSPS) is 10.9. The molecule has 1 aromatic carbocycles. The first kappa shape index (κ1) is 9.71. The minimum Gasteiger partial charge on any atom is -0.267 e. The molecule has 0 saturated carbocycles. The molecule has 0 aliphatic rings. The zero-order valence-electron chi connectivity index (χ0n) is 8.89. The summed E-state index contributed by atoms with van der Waals surface area (Å²) in [4.78, 5) is 23.2. The van der Waals surface area contributed by atoms with Crippen molar-refractivity contribution in [3.05, 3.63) is 43.5 Å². The average molecular weight is 204 g/mol. The Hall–Kier alpha value is -1.84. The van der Waals surface area contributed by atoms with Crippen LogP contribution in [-0.2, 0) is 0 Å². The number of hydrogen-bond acceptors (Lipinski definition) is 2. The van der Waals surface area contributed by atoms with Crippen LogP contribution < -0.4 is 11.1 Å². The van der Waals surface area contributed by atoms with E-state index in [2.05, 4.69) is 10.2 Å². The molecule has 1 heterocycles. The summed E-state index contributed by atoms with van der Waals surface area (Å²) in [6, 6.07) is 1.92. The molecule has 0 bridgehead atoms. The highest BCUT2D eigenvalue weighted by molar-refractivity contribution is 5.87. The lowest BCUT2D eigenvalue weighted by Crippen LogP contribution is -2.20. The van der Waals surface area contributed by atoms with Gasteiger partial charge in [-0.15, -0.1) is 0 Å². The Bertz CT molecular complexity index is 650. The fourth-order valence-electron chi connectivity index (χ4n) is 1.90. The Morgan fingerprint density at radius 1 is 0.867 bits per heavy atom. The van der Waals surface area contributed by atoms with Gasteiger partial charge in [-0.1, -0.05) is 6.07 Å². The standard InChI is InChI=1S/C11H12N2O2/c1-5-4-6(2)8-9(7(5)3)11(15)13-12-10(8)14/h4H,1-3H3,(H,12,14)(H,13,15). The Labute approximate surface area is 85.9 Å². The number of aromatic nitrogens is 2. The summed E-state index contributed by atoms with van der Waals surface area (Å²) in [6.07, 6.45) is 0. The fraction of sp³-hybridized carbons (Fsp3) is 0.273. The Morgan fingerprint density at radius 2 is 1.40 bits per heavy atom. The van der Waals surface area contributed by atoms with Crippen LogP contribution in [0.25, 0.3) is 10.8 Å². The number of H-pyrrole nitrogens is 2.